The van der Waals surface area contributed by atoms with Gasteiger partial charge in [-0.05, 0) is 89.5 Å². The summed E-state index contributed by atoms with van der Waals surface area (Å²) in [6.07, 6.45) is 80.2. The van der Waals surface area contributed by atoms with Gasteiger partial charge in [-0.25, -0.2) is 4.57 Å². The van der Waals surface area contributed by atoms with Crippen LogP contribution in [-0.4, -0.2) is 74.3 Å². The zero-order valence-electron chi connectivity index (χ0n) is 53.8. The number of nitrogens with zero attached hydrogens (tertiary/aromatic N) is 1. The van der Waals surface area contributed by atoms with E-state index in [1.165, 1.54) is 180 Å². The summed E-state index contributed by atoms with van der Waals surface area (Å²) in [6, 6.07) is -0.858. The molecule has 10 heteroatoms. The van der Waals surface area contributed by atoms with Gasteiger partial charge in [0.2, 0.25) is 5.91 Å². The van der Waals surface area contributed by atoms with Crippen LogP contribution in [0, 0.1) is 0 Å². The molecule has 470 valence electrons. The molecule has 0 heterocycles. The Labute approximate surface area is 501 Å². The molecule has 0 aliphatic rings. The van der Waals surface area contributed by atoms with Gasteiger partial charge in [0.15, 0.2) is 0 Å². The molecular formula is C71H130N2O7P+. The molecule has 0 spiro atoms. The quantitative estimate of drug-likeness (QED) is 0.0156. The number of hydrogen-bond donors (Lipinski definition) is 2. The standard InChI is InChI=1S/C71H129N2O7P/c1-7-10-13-16-19-22-25-28-30-31-32-33-34-35-36-37-38-39-40-41-43-46-49-52-55-58-61-64-71(75)80-69(62-59-56-53-50-47-44-27-24-21-18-15-12-9-3)68(67-79-81(76,77)78-66-65-73(4,5)6)72-70(74)63-60-57-54-51-48-45-42-29-26-23-20-17-14-11-8-2/h11,14,17,19-20,22-23,26,28,30,32-33,59,62,68-69H,7-10,12-13,15-16,18,21,24-25,27,29,31,34-58,60-61,63-67H2,1-6H3,(H-,72,74,76,77)/p+1/b14-11+,20-17+,22-19-,26-23+,30-28-,33-32-,62-59-. The second kappa shape index (κ2) is 60.3. The first-order chi connectivity index (χ1) is 39.4. The van der Waals surface area contributed by atoms with Crippen LogP contribution in [0.5, 0.6) is 0 Å². The molecule has 1 amide bonds. The molecule has 0 aromatic heterocycles. The van der Waals surface area contributed by atoms with Crippen molar-refractivity contribution in [2.24, 2.45) is 0 Å². The van der Waals surface area contributed by atoms with Crippen molar-refractivity contribution in [1.82, 2.24) is 5.32 Å². The van der Waals surface area contributed by atoms with E-state index in [0.29, 0.717) is 17.4 Å². The molecule has 0 saturated carbocycles. The van der Waals surface area contributed by atoms with E-state index in [9.17, 15) is 19.0 Å². The van der Waals surface area contributed by atoms with Gasteiger partial charge in [-0.15, -0.1) is 0 Å². The van der Waals surface area contributed by atoms with E-state index in [0.717, 1.165) is 89.9 Å². The highest BCUT2D eigenvalue weighted by Crippen LogP contribution is 2.43. The minimum atomic E-state index is -4.46. The maximum atomic E-state index is 13.6. The monoisotopic (exact) mass is 1150 g/mol. The number of likely N-dealkylation sites (N-methyl/N-ethyl adjacent to an activating group) is 1. The number of phosphoric ester groups is 1. The number of phosphoric acid groups is 1. The summed E-state index contributed by atoms with van der Waals surface area (Å²) in [5, 5.41) is 3.06. The van der Waals surface area contributed by atoms with Gasteiger partial charge in [0.05, 0.1) is 33.8 Å². The summed E-state index contributed by atoms with van der Waals surface area (Å²) in [7, 11) is 1.48. The van der Waals surface area contributed by atoms with E-state index in [-0.39, 0.29) is 31.5 Å². The predicted octanol–water partition coefficient (Wildman–Crippen LogP) is 21.3. The van der Waals surface area contributed by atoms with Crippen molar-refractivity contribution in [3.8, 4) is 0 Å². The number of ether oxygens (including phenoxy) is 1. The highest BCUT2D eigenvalue weighted by molar-refractivity contribution is 7.47. The normalized spacial score (nSPS) is 14.1. The third kappa shape index (κ3) is 61.6. The fourth-order valence-electron chi connectivity index (χ4n) is 9.65. The number of carbonyl (C=O) groups excluding carboxylic acids is 2. The molecule has 0 bridgehead atoms. The van der Waals surface area contributed by atoms with E-state index in [4.69, 9.17) is 13.8 Å². The van der Waals surface area contributed by atoms with Gasteiger partial charge in [-0.3, -0.25) is 18.6 Å². The van der Waals surface area contributed by atoms with Crippen molar-refractivity contribution >= 4 is 19.7 Å². The maximum Gasteiger partial charge on any atom is 0.472 e. The van der Waals surface area contributed by atoms with Crippen molar-refractivity contribution in [2.75, 3.05) is 40.9 Å². The molecule has 3 unspecified atom stereocenters. The zero-order valence-corrected chi connectivity index (χ0v) is 54.7. The molecule has 0 radical (unpaired) electrons. The minimum Gasteiger partial charge on any atom is -0.456 e. The Morgan fingerprint density at radius 3 is 1.31 bits per heavy atom. The molecule has 0 aromatic carbocycles. The molecule has 0 aliphatic heterocycles. The molecule has 0 rings (SSSR count). The fraction of sp³-hybridized carbons (Fsp3) is 0.775. The number of carbonyl (C=O) groups is 2. The Balaban J connectivity index is 5.07. The van der Waals surface area contributed by atoms with Crippen molar-refractivity contribution in [1.29, 1.82) is 0 Å². The van der Waals surface area contributed by atoms with E-state index >= 15 is 0 Å². The van der Waals surface area contributed by atoms with Gasteiger partial charge in [-0.1, -0.05) is 286 Å². The van der Waals surface area contributed by atoms with Crippen LogP contribution in [0.15, 0.2) is 85.1 Å². The highest BCUT2D eigenvalue weighted by Gasteiger charge is 2.30. The maximum absolute atomic E-state index is 13.6. The molecule has 0 aromatic rings. The van der Waals surface area contributed by atoms with Crippen LogP contribution in [0.25, 0.3) is 0 Å². The number of unbranched alkanes of at least 4 members (excludes halogenated alkanes) is 35. The molecule has 0 saturated heterocycles. The lowest BCUT2D eigenvalue weighted by molar-refractivity contribution is -0.870. The summed E-state index contributed by atoms with van der Waals surface area (Å²) in [5.74, 6) is -0.515. The highest BCUT2D eigenvalue weighted by atomic mass is 31.2. The van der Waals surface area contributed by atoms with Crippen LogP contribution in [0.3, 0.4) is 0 Å². The molecule has 9 nitrogen and oxygen atoms in total. The van der Waals surface area contributed by atoms with Crippen LogP contribution in [0.4, 0.5) is 0 Å². The number of esters is 1. The number of nitrogens with one attached hydrogen (secondary N) is 1. The minimum absolute atomic E-state index is 0.0352. The number of amides is 1. The van der Waals surface area contributed by atoms with Gasteiger partial charge >= 0.3 is 13.8 Å². The van der Waals surface area contributed by atoms with Crippen molar-refractivity contribution in [2.45, 2.75) is 315 Å². The van der Waals surface area contributed by atoms with Gasteiger partial charge in [0, 0.05) is 12.8 Å². The Kier molecular flexibility index (Phi) is 58.2. The Hall–Kier alpha value is -2.81. The largest absolute Gasteiger partial charge is 0.472 e. The number of quaternary nitrogens is 1. The van der Waals surface area contributed by atoms with Gasteiger partial charge < -0.3 is 19.4 Å². The predicted molar refractivity (Wildman–Crippen MR) is 351 cm³/mol. The van der Waals surface area contributed by atoms with Crippen LogP contribution < -0.4 is 5.32 Å². The SMILES string of the molecule is CC/C=C/C=C/C=C/CCCCCCCCCC(=O)NC(COP(=O)(O)OCC[N+](C)(C)C)C(/C=C\CCCCCCCCCCCCC)OC(=O)CCCCCCCCCCCCCCCC/C=C\C/C=C\C/C=C\CCCCC. The first-order valence-electron chi connectivity index (χ1n) is 33.9. The lowest BCUT2D eigenvalue weighted by atomic mass is 10.0. The van der Waals surface area contributed by atoms with Gasteiger partial charge in [-0.2, -0.15) is 0 Å². The van der Waals surface area contributed by atoms with E-state index < -0.39 is 20.0 Å². The summed E-state index contributed by atoms with van der Waals surface area (Å²) in [6.45, 7) is 6.87. The van der Waals surface area contributed by atoms with Crippen LogP contribution in [0.1, 0.15) is 303 Å². The van der Waals surface area contributed by atoms with E-state index in [1.54, 1.807) is 0 Å². The average molecular weight is 1150 g/mol. The first kappa shape index (κ1) is 78.2. The van der Waals surface area contributed by atoms with Crippen LogP contribution in [-0.2, 0) is 27.9 Å². The Morgan fingerprint density at radius 2 is 0.840 bits per heavy atom. The van der Waals surface area contributed by atoms with E-state index in [2.05, 4.69) is 99.0 Å². The molecule has 2 N–H and O–H groups in total. The lowest BCUT2D eigenvalue weighted by Crippen LogP contribution is -2.47. The topological polar surface area (TPSA) is 111 Å². The second-order valence-electron chi connectivity index (χ2n) is 24.0. The third-order valence-corrected chi connectivity index (χ3v) is 15.9. The molecule has 3 atom stereocenters. The van der Waals surface area contributed by atoms with E-state index in [1.807, 2.05) is 33.3 Å². The van der Waals surface area contributed by atoms with Crippen molar-refractivity contribution in [3.63, 3.8) is 0 Å². The van der Waals surface area contributed by atoms with Crippen LogP contribution in [0.2, 0.25) is 0 Å². The summed E-state index contributed by atoms with van der Waals surface area (Å²) in [5.41, 5.74) is 0. The zero-order chi connectivity index (χ0) is 59.3. The Morgan fingerprint density at radius 1 is 0.457 bits per heavy atom. The summed E-state index contributed by atoms with van der Waals surface area (Å²) >= 11 is 0. The summed E-state index contributed by atoms with van der Waals surface area (Å²) in [4.78, 5) is 37.8. The van der Waals surface area contributed by atoms with Gasteiger partial charge in [0.1, 0.15) is 19.3 Å². The molecule has 0 fully saturated rings. The fourth-order valence-corrected chi connectivity index (χ4v) is 10.4. The average Bonchev–Trinajstić information content (AvgIpc) is 3.44. The van der Waals surface area contributed by atoms with Crippen molar-refractivity contribution < 1.29 is 37.3 Å². The van der Waals surface area contributed by atoms with Gasteiger partial charge in [0.25, 0.3) is 0 Å². The summed E-state index contributed by atoms with van der Waals surface area (Å²) < 4.78 is 30.8. The molecule has 0 aliphatic carbocycles. The second-order valence-corrected chi connectivity index (χ2v) is 25.5. The number of hydrogen-bond acceptors (Lipinski definition) is 6. The first-order valence-corrected chi connectivity index (χ1v) is 35.4. The molecular weight excluding hydrogens is 1020 g/mol. The Bertz CT molecular complexity index is 1660. The number of allylic oxidation sites excluding steroid dienone is 13. The van der Waals surface area contributed by atoms with Crippen molar-refractivity contribution in [3.05, 3.63) is 85.1 Å². The number of rotatable bonds is 61. The molecule has 81 heavy (non-hydrogen) atoms. The van der Waals surface area contributed by atoms with Crippen LogP contribution >= 0.6 is 7.82 Å². The smallest absolute Gasteiger partial charge is 0.456 e. The lowest BCUT2D eigenvalue weighted by Gasteiger charge is -2.27. The third-order valence-electron chi connectivity index (χ3n) is 14.9.